The number of hydrazine groups is 1. The van der Waals surface area contributed by atoms with Crippen LogP contribution >= 0.6 is 0 Å². The van der Waals surface area contributed by atoms with Gasteiger partial charge in [0, 0.05) is 18.8 Å². The van der Waals surface area contributed by atoms with Gasteiger partial charge in [0.05, 0.1) is 6.04 Å². The van der Waals surface area contributed by atoms with Crippen LogP contribution in [0.2, 0.25) is 0 Å². The highest BCUT2D eigenvalue weighted by Crippen LogP contribution is 2.23. The Kier molecular flexibility index (Phi) is 10.4. The lowest BCUT2D eigenvalue weighted by Crippen LogP contribution is -2.52. The van der Waals surface area contributed by atoms with Gasteiger partial charge in [0.1, 0.15) is 0 Å². The van der Waals surface area contributed by atoms with Gasteiger partial charge in [-0.05, 0) is 36.8 Å². The van der Waals surface area contributed by atoms with Crippen molar-refractivity contribution in [2.45, 2.75) is 73.4 Å². The van der Waals surface area contributed by atoms with E-state index in [-0.39, 0.29) is 12.1 Å². The second kappa shape index (κ2) is 10.8. The Morgan fingerprint density at radius 1 is 1.33 bits per heavy atom. The molecule has 1 heterocycles. The maximum absolute atomic E-state index is 9.75. The molecule has 0 fully saturated rings. The van der Waals surface area contributed by atoms with E-state index < -0.39 is 0 Å². The number of hydrogen-bond donors (Lipinski definition) is 3. The van der Waals surface area contributed by atoms with Crippen LogP contribution in [-0.2, 0) is 0 Å². The van der Waals surface area contributed by atoms with E-state index in [2.05, 4.69) is 50.7 Å². The largest absolute Gasteiger partial charge is 0.383 e. The van der Waals surface area contributed by atoms with E-state index in [9.17, 15) is 5.21 Å². The average molecular weight is 297 g/mol. The normalized spacial score (nSPS) is 19.4. The third-order valence-corrected chi connectivity index (χ3v) is 3.56. The van der Waals surface area contributed by atoms with Crippen molar-refractivity contribution in [2.24, 2.45) is 5.92 Å². The van der Waals surface area contributed by atoms with Crippen LogP contribution in [0.5, 0.6) is 0 Å². The molecule has 124 valence electrons. The highest BCUT2D eigenvalue weighted by atomic mass is 16.5. The van der Waals surface area contributed by atoms with E-state index >= 15 is 0 Å². The number of nitrogens with one attached hydrogen (secondary N) is 2. The number of allylic oxidation sites excluding steroid dienone is 2. The summed E-state index contributed by atoms with van der Waals surface area (Å²) >= 11 is 0. The van der Waals surface area contributed by atoms with Gasteiger partial charge in [0.25, 0.3) is 0 Å². The van der Waals surface area contributed by atoms with Crippen molar-refractivity contribution in [1.29, 1.82) is 0 Å². The fourth-order valence-electron chi connectivity index (χ4n) is 2.46. The van der Waals surface area contributed by atoms with Crippen LogP contribution in [0.1, 0.15) is 61.3 Å². The number of rotatable bonds is 7. The molecule has 1 aliphatic rings. The van der Waals surface area contributed by atoms with Crippen molar-refractivity contribution in [3.05, 3.63) is 23.4 Å². The van der Waals surface area contributed by atoms with E-state index in [0.717, 1.165) is 12.8 Å². The van der Waals surface area contributed by atoms with Gasteiger partial charge in [0.15, 0.2) is 0 Å². The first-order valence-electron chi connectivity index (χ1n) is 8.37. The van der Waals surface area contributed by atoms with Gasteiger partial charge in [-0.2, -0.15) is 0 Å². The van der Waals surface area contributed by atoms with Crippen LogP contribution in [-0.4, -0.2) is 29.0 Å². The molecule has 0 bridgehead atoms. The molecule has 0 radical (unpaired) electrons. The third kappa shape index (κ3) is 6.64. The zero-order chi connectivity index (χ0) is 16.4. The van der Waals surface area contributed by atoms with Crippen molar-refractivity contribution in [2.75, 3.05) is 6.54 Å². The lowest BCUT2D eigenvalue weighted by molar-refractivity contribution is -0.147. The molecule has 0 aromatic carbocycles. The van der Waals surface area contributed by atoms with Gasteiger partial charge >= 0.3 is 0 Å². The lowest BCUT2D eigenvalue weighted by Gasteiger charge is -2.32. The van der Waals surface area contributed by atoms with Crippen molar-refractivity contribution < 1.29 is 5.21 Å². The van der Waals surface area contributed by atoms with Crippen LogP contribution in [0.15, 0.2) is 23.4 Å². The standard InChI is InChI=1S/C15H29N3O.C2H6/c1-6-8-18(19)17-14(7-2)15-9-12(5)13(10-16-15)11(3)4;1-2/h9-11,14-17,19H,6-8H2,1-5H3;1-2H3. The Morgan fingerprint density at radius 3 is 2.38 bits per heavy atom. The molecular weight excluding hydrogens is 262 g/mol. The topological polar surface area (TPSA) is 47.5 Å². The Balaban J connectivity index is 0.00000191. The second-order valence-electron chi connectivity index (χ2n) is 5.56. The monoisotopic (exact) mass is 297 g/mol. The highest BCUT2D eigenvalue weighted by molar-refractivity contribution is 5.35. The molecule has 0 saturated heterocycles. The summed E-state index contributed by atoms with van der Waals surface area (Å²) in [6.07, 6.45) is 6.25. The van der Waals surface area contributed by atoms with E-state index in [4.69, 9.17) is 0 Å². The number of hydrogen-bond acceptors (Lipinski definition) is 4. The molecule has 2 unspecified atom stereocenters. The Labute approximate surface area is 131 Å². The minimum atomic E-state index is 0.191. The van der Waals surface area contributed by atoms with Crippen molar-refractivity contribution >= 4 is 0 Å². The van der Waals surface area contributed by atoms with E-state index in [1.54, 1.807) is 0 Å². The third-order valence-electron chi connectivity index (χ3n) is 3.56. The summed E-state index contributed by atoms with van der Waals surface area (Å²) in [4.78, 5) is 0. The molecule has 21 heavy (non-hydrogen) atoms. The van der Waals surface area contributed by atoms with E-state index in [1.165, 1.54) is 16.3 Å². The van der Waals surface area contributed by atoms with Gasteiger partial charge in [-0.3, -0.25) is 5.21 Å². The molecule has 0 aromatic heterocycles. The maximum Gasteiger partial charge on any atom is 0.0612 e. The quantitative estimate of drug-likeness (QED) is 0.625. The minimum absolute atomic E-state index is 0.191. The molecule has 0 aliphatic carbocycles. The molecule has 3 N–H and O–H groups in total. The summed E-state index contributed by atoms with van der Waals surface area (Å²) < 4.78 is 0. The summed E-state index contributed by atoms with van der Waals surface area (Å²) in [6, 6.07) is 0.412. The fourth-order valence-corrected chi connectivity index (χ4v) is 2.46. The second-order valence-corrected chi connectivity index (χ2v) is 5.56. The molecule has 1 rings (SSSR count). The summed E-state index contributed by atoms with van der Waals surface area (Å²) in [7, 11) is 0. The van der Waals surface area contributed by atoms with Gasteiger partial charge in [-0.25, -0.2) is 5.43 Å². The summed E-state index contributed by atoms with van der Waals surface area (Å²) in [5.41, 5.74) is 5.85. The molecule has 0 spiro atoms. The van der Waals surface area contributed by atoms with Crippen molar-refractivity contribution in [3.8, 4) is 0 Å². The van der Waals surface area contributed by atoms with Crippen LogP contribution < -0.4 is 10.7 Å². The highest BCUT2D eigenvalue weighted by Gasteiger charge is 2.22. The molecule has 4 nitrogen and oxygen atoms in total. The van der Waals surface area contributed by atoms with Crippen LogP contribution in [0, 0.1) is 5.92 Å². The van der Waals surface area contributed by atoms with Gasteiger partial charge in [0.2, 0.25) is 0 Å². The Morgan fingerprint density at radius 2 is 1.95 bits per heavy atom. The predicted molar refractivity (Wildman–Crippen MR) is 90.9 cm³/mol. The van der Waals surface area contributed by atoms with E-state index in [1.807, 2.05) is 20.8 Å². The van der Waals surface area contributed by atoms with E-state index in [0.29, 0.717) is 12.5 Å². The molecule has 0 aromatic rings. The number of hydroxylamine groups is 1. The number of dihydropyridines is 1. The van der Waals surface area contributed by atoms with Gasteiger partial charge in [-0.1, -0.05) is 47.6 Å². The molecule has 1 aliphatic heterocycles. The predicted octanol–water partition coefficient (Wildman–Crippen LogP) is 3.86. The first kappa shape index (κ1) is 20.2. The lowest BCUT2D eigenvalue weighted by atomic mass is 9.91. The van der Waals surface area contributed by atoms with Crippen LogP contribution in [0.3, 0.4) is 0 Å². The average Bonchev–Trinajstić information content (AvgIpc) is 2.46. The zero-order valence-electron chi connectivity index (χ0n) is 14.9. The Bertz CT molecular complexity index is 337. The molecular formula is C17H35N3O. The number of nitrogens with zero attached hydrogens (tertiary/aromatic N) is 1. The van der Waals surface area contributed by atoms with Gasteiger partial charge < -0.3 is 5.32 Å². The first-order valence-corrected chi connectivity index (χ1v) is 8.37. The summed E-state index contributed by atoms with van der Waals surface area (Å²) in [6.45, 7) is 15.4. The maximum atomic E-state index is 9.75. The first-order chi connectivity index (χ1) is 9.99. The van der Waals surface area contributed by atoms with Crippen molar-refractivity contribution in [3.63, 3.8) is 0 Å². The summed E-state index contributed by atoms with van der Waals surface area (Å²) in [5.74, 6) is 0.534. The van der Waals surface area contributed by atoms with Crippen LogP contribution in [0.4, 0.5) is 0 Å². The van der Waals surface area contributed by atoms with Crippen molar-refractivity contribution in [1.82, 2.24) is 15.9 Å². The van der Waals surface area contributed by atoms with Crippen LogP contribution in [0.25, 0.3) is 0 Å². The summed E-state index contributed by atoms with van der Waals surface area (Å²) in [5, 5.41) is 14.4. The molecule has 0 saturated carbocycles. The minimum Gasteiger partial charge on any atom is -0.383 e. The smallest absolute Gasteiger partial charge is 0.0612 e. The van der Waals surface area contributed by atoms with Gasteiger partial charge in [-0.15, -0.1) is 5.17 Å². The SMILES string of the molecule is CC.CCCN(O)NC(CC)C1C=C(C)C(C(C)C)=CN1. The zero-order valence-corrected chi connectivity index (χ0v) is 14.9. The fraction of sp³-hybridized carbons (Fsp3) is 0.765. The molecule has 4 heteroatoms. The molecule has 2 atom stereocenters. The Hall–Kier alpha value is -0.840. The molecule has 0 amide bonds.